The third-order valence-electron chi connectivity index (χ3n) is 5.24. The van der Waals surface area contributed by atoms with Crippen LogP contribution in [0.5, 0.6) is 0 Å². The number of hydrogen-bond donors (Lipinski definition) is 3. The number of amides is 3. The van der Waals surface area contributed by atoms with E-state index in [0.717, 1.165) is 5.56 Å². The number of carbonyl (C=O) groups is 3. The first kappa shape index (κ1) is 24.9. The van der Waals surface area contributed by atoms with Gasteiger partial charge in [0.15, 0.2) is 0 Å². The van der Waals surface area contributed by atoms with Crippen LogP contribution in [0.4, 0.5) is 0 Å². The number of aryl methyl sites for hydroxylation is 1. The largest absolute Gasteiger partial charge is 0.352 e. The summed E-state index contributed by atoms with van der Waals surface area (Å²) in [5, 5.41) is 5.58. The molecule has 0 aliphatic carbocycles. The lowest BCUT2D eigenvalue weighted by molar-refractivity contribution is -0.136. The zero-order chi connectivity index (χ0) is 20.7. The number of benzene rings is 1. The van der Waals surface area contributed by atoms with E-state index in [-0.39, 0.29) is 48.5 Å². The molecule has 1 aliphatic heterocycles. The lowest BCUT2D eigenvalue weighted by atomic mass is 9.95. The van der Waals surface area contributed by atoms with Gasteiger partial charge in [-0.25, -0.2) is 0 Å². The fourth-order valence-electron chi connectivity index (χ4n) is 3.13. The minimum absolute atomic E-state index is 0. The predicted octanol–water partition coefficient (Wildman–Crippen LogP) is 1.37. The fraction of sp³-hybridized carbons (Fsp3) is 0.571. The first-order chi connectivity index (χ1) is 13.3. The van der Waals surface area contributed by atoms with E-state index in [0.29, 0.717) is 32.5 Å². The zero-order valence-electron chi connectivity index (χ0n) is 17.4. The van der Waals surface area contributed by atoms with E-state index in [4.69, 9.17) is 5.73 Å². The van der Waals surface area contributed by atoms with Gasteiger partial charge in [-0.05, 0) is 31.2 Å². The fourth-order valence-corrected chi connectivity index (χ4v) is 3.13. The molecule has 0 aromatic heterocycles. The van der Waals surface area contributed by atoms with Crippen molar-refractivity contribution in [2.45, 2.75) is 46.2 Å². The van der Waals surface area contributed by atoms with E-state index in [1.165, 1.54) is 5.56 Å². The smallest absolute Gasteiger partial charge is 0.241 e. The molecule has 1 atom stereocenters. The average molecular weight is 425 g/mol. The molecular weight excluding hydrogens is 392 g/mol. The summed E-state index contributed by atoms with van der Waals surface area (Å²) in [4.78, 5) is 38.2. The Labute approximate surface area is 179 Å². The summed E-state index contributed by atoms with van der Waals surface area (Å²) in [6, 6.07) is 7.46. The topological polar surface area (TPSA) is 105 Å². The van der Waals surface area contributed by atoms with Crippen LogP contribution in [0, 0.1) is 18.8 Å². The Morgan fingerprint density at radius 1 is 1.10 bits per heavy atom. The van der Waals surface area contributed by atoms with E-state index in [2.05, 4.69) is 10.6 Å². The highest BCUT2D eigenvalue weighted by atomic mass is 35.5. The van der Waals surface area contributed by atoms with Gasteiger partial charge in [0.1, 0.15) is 0 Å². The second-order valence-electron chi connectivity index (χ2n) is 7.85. The molecule has 4 N–H and O–H groups in total. The Balaban J connectivity index is 0.00000420. The van der Waals surface area contributed by atoms with Crippen molar-refractivity contribution in [1.29, 1.82) is 0 Å². The Bertz CT molecular complexity index is 686. The molecule has 3 amide bonds. The van der Waals surface area contributed by atoms with Crippen LogP contribution in [-0.4, -0.2) is 48.3 Å². The summed E-state index contributed by atoms with van der Waals surface area (Å²) >= 11 is 0. The molecule has 1 aromatic carbocycles. The first-order valence-electron chi connectivity index (χ1n) is 9.92. The summed E-state index contributed by atoms with van der Waals surface area (Å²) < 4.78 is 0. The predicted molar refractivity (Wildman–Crippen MR) is 115 cm³/mol. The number of rotatable bonds is 7. The molecule has 2 rings (SSSR count). The van der Waals surface area contributed by atoms with Crippen LogP contribution in [0.25, 0.3) is 0 Å². The molecule has 8 heteroatoms. The number of nitrogens with zero attached hydrogens (tertiary/aromatic N) is 1. The van der Waals surface area contributed by atoms with Crippen LogP contribution in [-0.2, 0) is 20.9 Å². The summed E-state index contributed by atoms with van der Waals surface area (Å²) in [7, 11) is 0. The Morgan fingerprint density at radius 3 is 2.24 bits per heavy atom. The van der Waals surface area contributed by atoms with E-state index >= 15 is 0 Å². The third-order valence-corrected chi connectivity index (χ3v) is 5.24. The first-order valence-corrected chi connectivity index (χ1v) is 9.92. The molecule has 1 saturated heterocycles. The highest BCUT2D eigenvalue weighted by Gasteiger charge is 2.27. The van der Waals surface area contributed by atoms with Crippen LogP contribution in [0.1, 0.15) is 37.8 Å². The molecule has 0 saturated carbocycles. The van der Waals surface area contributed by atoms with Crippen molar-refractivity contribution in [1.82, 2.24) is 15.5 Å². The second kappa shape index (κ2) is 11.8. The second-order valence-corrected chi connectivity index (χ2v) is 7.85. The maximum Gasteiger partial charge on any atom is 0.241 e. The van der Waals surface area contributed by atoms with Crippen LogP contribution in [0.15, 0.2) is 24.3 Å². The summed E-state index contributed by atoms with van der Waals surface area (Å²) in [6.07, 6.45) is 1.26. The van der Waals surface area contributed by atoms with Crippen LogP contribution < -0.4 is 16.4 Å². The zero-order valence-corrected chi connectivity index (χ0v) is 18.3. The van der Waals surface area contributed by atoms with Gasteiger partial charge in [0.25, 0.3) is 0 Å². The van der Waals surface area contributed by atoms with E-state index in [1.54, 1.807) is 4.90 Å². The standard InChI is InChI=1S/C21H32N4O3.ClH/c1-14(2)19(22)21(28)24-13-18(26)25-10-8-17(9-11-25)20(27)23-12-16-6-4-15(3)5-7-16;/h4-7,14,17,19H,8-13,22H2,1-3H3,(H,23,27)(H,24,28);1H/t19-;/m0./s1. The quantitative estimate of drug-likeness (QED) is 0.614. The van der Waals surface area contributed by atoms with Gasteiger partial charge in [-0.2, -0.15) is 0 Å². The molecule has 1 aromatic rings. The van der Waals surface area contributed by atoms with Gasteiger partial charge >= 0.3 is 0 Å². The van der Waals surface area contributed by atoms with E-state index < -0.39 is 6.04 Å². The minimum Gasteiger partial charge on any atom is -0.352 e. The van der Waals surface area contributed by atoms with Crippen LogP contribution >= 0.6 is 12.4 Å². The van der Waals surface area contributed by atoms with Crippen molar-refractivity contribution in [3.63, 3.8) is 0 Å². The number of hydrogen-bond acceptors (Lipinski definition) is 4. The molecule has 7 nitrogen and oxygen atoms in total. The van der Waals surface area contributed by atoms with E-state index in [9.17, 15) is 14.4 Å². The number of nitrogens with two attached hydrogens (primary N) is 1. The van der Waals surface area contributed by atoms with Crippen molar-refractivity contribution < 1.29 is 14.4 Å². The minimum atomic E-state index is -0.615. The van der Waals surface area contributed by atoms with Crippen molar-refractivity contribution >= 4 is 30.1 Å². The normalized spacial score (nSPS) is 15.4. The van der Waals surface area contributed by atoms with Gasteiger partial charge in [-0.3, -0.25) is 14.4 Å². The molecule has 29 heavy (non-hydrogen) atoms. The van der Waals surface area contributed by atoms with Crippen molar-refractivity contribution in [3.8, 4) is 0 Å². The van der Waals surface area contributed by atoms with Crippen molar-refractivity contribution in [2.24, 2.45) is 17.6 Å². The van der Waals surface area contributed by atoms with Gasteiger partial charge in [0.2, 0.25) is 17.7 Å². The number of likely N-dealkylation sites (tertiary alicyclic amines) is 1. The lowest BCUT2D eigenvalue weighted by Crippen LogP contribution is -2.49. The van der Waals surface area contributed by atoms with Crippen LogP contribution in [0.3, 0.4) is 0 Å². The number of halogens is 1. The molecule has 0 bridgehead atoms. The van der Waals surface area contributed by atoms with Gasteiger partial charge in [-0.1, -0.05) is 43.7 Å². The van der Waals surface area contributed by atoms with Gasteiger partial charge in [0, 0.05) is 25.6 Å². The maximum atomic E-state index is 12.4. The van der Waals surface area contributed by atoms with Gasteiger partial charge in [0.05, 0.1) is 12.6 Å². The molecule has 0 unspecified atom stereocenters. The van der Waals surface area contributed by atoms with Gasteiger partial charge in [-0.15, -0.1) is 12.4 Å². The highest BCUT2D eigenvalue weighted by Crippen LogP contribution is 2.17. The molecule has 1 fully saturated rings. The monoisotopic (exact) mass is 424 g/mol. The molecule has 0 spiro atoms. The Kier molecular flexibility index (Phi) is 10.1. The number of piperidine rings is 1. The van der Waals surface area contributed by atoms with Crippen molar-refractivity contribution in [3.05, 3.63) is 35.4 Å². The SMILES string of the molecule is Cc1ccc(CNC(=O)C2CCN(C(=O)CNC(=O)[C@@H](N)C(C)C)CC2)cc1.Cl. The highest BCUT2D eigenvalue weighted by molar-refractivity contribution is 5.87. The average Bonchev–Trinajstić information content (AvgIpc) is 2.70. The summed E-state index contributed by atoms with van der Waals surface area (Å²) in [5.74, 6) is -0.483. The van der Waals surface area contributed by atoms with Crippen molar-refractivity contribution in [2.75, 3.05) is 19.6 Å². The Morgan fingerprint density at radius 2 is 1.69 bits per heavy atom. The maximum absolute atomic E-state index is 12.4. The molecule has 1 heterocycles. The van der Waals surface area contributed by atoms with Gasteiger partial charge < -0.3 is 21.3 Å². The molecule has 0 radical (unpaired) electrons. The van der Waals surface area contributed by atoms with E-state index in [1.807, 2.05) is 45.0 Å². The summed E-state index contributed by atoms with van der Waals surface area (Å²) in [6.45, 7) is 7.26. The van der Waals surface area contributed by atoms with Crippen LogP contribution in [0.2, 0.25) is 0 Å². The molecular formula is C21H33ClN4O3. The molecule has 1 aliphatic rings. The number of carbonyl (C=O) groups excluding carboxylic acids is 3. The Hall–Kier alpha value is -2.12. The lowest BCUT2D eigenvalue weighted by Gasteiger charge is -2.31. The summed E-state index contributed by atoms with van der Waals surface area (Å²) in [5.41, 5.74) is 8.03. The third kappa shape index (κ3) is 7.66. The number of nitrogens with one attached hydrogen (secondary N) is 2. The molecule has 162 valence electrons.